The van der Waals surface area contributed by atoms with E-state index in [9.17, 15) is 0 Å². The van der Waals surface area contributed by atoms with Gasteiger partial charge in [-0.1, -0.05) is 20.8 Å². The van der Waals surface area contributed by atoms with Gasteiger partial charge in [0.25, 0.3) is 0 Å². The van der Waals surface area contributed by atoms with E-state index < -0.39 is 0 Å². The molecule has 2 heteroatoms. The molecule has 2 nitrogen and oxygen atoms in total. The van der Waals surface area contributed by atoms with Gasteiger partial charge in [0, 0.05) is 12.6 Å². The van der Waals surface area contributed by atoms with Crippen molar-refractivity contribution < 1.29 is 0 Å². The summed E-state index contributed by atoms with van der Waals surface area (Å²) in [6, 6.07) is 0.584. The third-order valence-electron chi connectivity index (χ3n) is 4.45. The monoisotopic (exact) mass is 226 g/mol. The topological polar surface area (TPSA) is 29.3 Å². The molecular weight excluding hydrogens is 196 g/mol. The van der Waals surface area contributed by atoms with Gasteiger partial charge in [0.1, 0.15) is 0 Å². The van der Waals surface area contributed by atoms with E-state index in [2.05, 4.69) is 39.8 Å². The summed E-state index contributed by atoms with van der Waals surface area (Å²) in [4.78, 5) is 2.31. The highest BCUT2D eigenvalue weighted by molar-refractivity contribution is 4.86. The third-order valence-corrected chi connectivity index (χ3v) is 4.45. The Balaban J connectivity index is 2.48. The van der Waals surface area contributed by atoms with Crippen molar-refractivity contribution in [3.63, 3.8) is 0 Å². The Morgan fingerprint density at radius 3 is 1.94 bits per heavy atom. The summed E-state index contributed by atoms with van der Waals surface area (Å²) >= 11 is 0. The highest BCUT2D eigenvalue weighted by Crippen LogP contribution is 2.40. The van der Waals surface area contributed by atoms with Crippen molar-refractivity contribution in [3.05, 3.63) is 0 Å². The summed E-state index contributed by atoms with van der Waals surface area (Å²) < 4.78 is 0. The normalized spacial score (nSPS) is 29.4. The van der Waals surface area contributed by atoms with E-state index in [1.807, 2.05) is 0 Å². The lowest BCUT2D eigenvalue weighted by atomic mass is 9.68. The predicted molar refractivity (Wildman–Crippen MR) is 71.4 cm³/mol. The van der Waals surface area contributed by atoms with Gasteiger partial charge in [-0.25, -0.2) is 0 Å². The molecule has 0 saturated heterocycles. The molecule has 1 fully saturated rings. The van der Waals surface area contributed by atoms with Crippen molar-refractivity contribution in [2.45, 2.75) is 52.5 Å². The van der Waals surface area contributed by atoms with Crippen LogP contribution in [0.4, 0.5) is 0 Å². The van der Waals surface area contributed by atoms with Crippen molar-refractivity contribution in [1.29, 1.82) is 0 Å². The van der Waals surface area contributed by atoms with E-state index in [0.717, 1.165) is 18.4 Å². The first kappa shape index (κ1) is 14.0. The van der Waals surface area contributed by atoms with Gasteiger partial charge in [-0.2, -0.15) is 0 Å². The van der Waals surface area contributed by atoms with Crippen molar-refractivity contribution in [2.24, 2.45) is 23.0 Å². The first-order chi connectivity index (χ1) is 7.36. The van der Waals surface area contributed by atoms with Crippen LogP contribution in [0, 0.1) is 17.3 Å². The Morgan fingerprint density at radius 2 is 1.62 bits per heavy atom. The van der Waals surface area contributed by atoms with Crippen LogP contribution in [-0.2, 0) is 0 Å². The summed E-state index contributed by atoms with van der Waals surface area (Å²) in [7, 11) is 4.32. The van der Waals surface area contributed by atoms with Crippen LogP contribution in [0.2, 0.25) is 0 Å². The number of rotatable bonds is 3. The molecular formula is C14H30N2. The Labute approximate surface area is 102 Å². The maximum Gasteiger partial charge on any atom is 0.0240 e. The van der Waals surface area contributed by atoms with Gasteiger partial charge in [-0.15, -0.1) is 0 Å². The van der Waals surface area contributed by atoms with Crippen molar-refractivity contribution in [3.8, 4) is 0 Å². The van der Waals surface area contributed by atoms with Crippen molar-refractivity contribution in [1.82, 2.24) is 4.90 Å². The number of nitrogens with zero attached hydrogens (tertiary/aromatic N) is 1. The number of hydrogen-bond donors (Lipinski definition) is 1. The summed E-state index contributed by atoms with van der Waals surface area (Å²) in [5.74, 6) is 1.72. The first-order valence-electron chi connectivity index (χ1n) is 6.72. The van der Waals surface area contributed by atoms with E-state index in [0.29, 0.717) is 11.5 Å². The minimum atomic E-state index is 0.487. The molecule has 0 aromatic carbocycles. The lowest BCUT2D eigenvalue weighted by Gasteiger charge is -2.41. The van der Waals surface area contributed by atoms with Crippen molar-refractivity contribution >= 4 is 0 Å². The fourth-order valence-corrected chi connectivity index (χ4v) is 3.19. The standard InChI is InChI=1S/C14H30N2/c1-14(2,3)12-8-6-11(7-9-12)13(10-15)16(4)5/h11-13H,6-10,15H2,1-5H3. The molecule has 0 spiro atoms. The average Bonchev–Trinajstić information content (AvgIpc) is 2.17. The van der Waals surface area contributed by atoms with E-state index in [1.54, 1.807) is 0 Å². The zero-order valence-electron chi connectivity index (χ0n) is 11.8. The molecule has 0 aromatic heterocycles. The van der Waals surface area contributed by atoms with Gasteiger partial charge in [0.15, 0.2) is 0 Å². The van der Waals surface area contributed by atoms with Crippen LogP contribution >= 0.6 is 0 Å². The van der Waals surface area contributed by atoms with Crippen LogP contribution in [0.25, 0.3) is 0 Å². The van der Waals surface area contributed by atoms with Crippen LogP contribution < -0.4 is 5.73 Å². The zero-order valence-corrected chi connectivity index (χ0v) is 11.8. The molecule has 96 valence electrons. The molecule has 1 saturated carbocycles. The molecule has 1 aliphatic carbocycles. The van der Waals surface area contributed by atoms with Crippen LogP contribution in [0.1, 0.15) is 46.5 Å². The minimum Gasteiger partial charge on any atom is -0.329 e. The lowest BCUT2D eigenvalue weighted by molar-refractivity contribution is 0.105. The Kier molecular flexibility index (Phi) is 4.81. The zero-order chi connectivity index (χ0) is 12.3. The second-order valence-electron chi connectivity index (χ2n) is 6.74. The van der Waals surface area contributed by atoms with E-state index >= 15 is 0 Å². The van der Waals surface area contributed by atoms with E-state index in [-0.39, 0.29) is 0 Å². The molecule has 1 unspecified atom stereocenters. The smallest absolute Gasteiger partial charge is 0.0240 e. The molecule has 0 heterocycles. The predicted octanol–water partition coefficient (Wildman–Crippen LogP) is 2.73. The van der Waals surface area contributed by atoms with Gasteiger partial charge in [0.2, 0.25) is 0 Å². The molecule has 1 atom stereocenters. The highest BCUT2D eigenvalue weighted by Gasteiger charge is 2.32. The minimum absolute atomic E-state index is 0.487. The molecule has 0 bridgehead atoms. The SMILES string of the molecule is CN(C)C(CN)C1CCC(C(C)(C)C)CC1. The average molecular weight is 226 g/mol. The number of hydrogen-bond acceptors (Lipinski definition) is 2. The van der Waals surface area contributed by atoms with Gasteiger partial charge in [-0.3, -0.25) is 0 Å². The first-order valence-corrected chi connectivity index (χ1v) is 6.72. The van der Waals surface area contributed by atoms with Crippen LogP contribution in [0.15, 0.2) is 0 Å². The summed E-state index contributed by atoms with van der Waals surface area (Å²) in [5, 5.41) is 0. The molecule has 0 amide bonds. The quantitative estimate of drug-likeness (QED) is 0.802. The molecule has 16 heavy (non-hydrogen) atoms. The Morgan fingerprint density at radius 1 is 1.12 bits per heavy atom. The number of nitrogens with two attached hydrogens (primary N) is 1. The highest BCUT2D eigenvalue weighted by atomic mass is 15.1. The second-order valence-corrected chi connectivity index (χ2v) is 6.74. The van der Waals surface area contributed by atoms with Crippen molar-refractivity contribution in [2.75, 3.05) is 20.6 Å². The van der Waals surface area contributed by atoms with Crippen LogP contribution in [-0.4, -0.2) is 31.6 Å². The molecule has 0 aliphatic heterocycles. The second kappa shape index (κ2) is 5.50. The van der Waals surface area contributed by atoms with Gasteiger partial charge in [-0.05, 0) is 57.0 Å². The van der Waals surface area contributed by atoms with E-state index in [1.165, 1.54) is 25.7 Å². The molecule has 1 aliphatic rings. The third kappa shape index (κ3) is 3.46. The molecule has 2 N–H and O–H groups in total. The lowest BCUT2D eigenvalue weighted by Crippen LogP contribution is -2.43. The molecule has 0 aromatic rings. The fraction of sp³-hybridized carbons (Fsp3) is 1.00. The van der Waals surface area contributed by atoms with E-state index in [4.69, 9.17) is 5.73 Å². The Hall–Kier alpha value is -0.0800. The molecule has 0 radical (unpaired) electrons. The van der Waals surface area contributed by atoms with Gasteiger partial charge < -0.3 is 10.6 Å². The van der Waals surface area contributed by atoms with Crippen LogP contribution in [0.3, 0.4) is 0 Å². The maximum atomic E-state index is 5.88. The molecule has 1 rings (SSSR count). The summed E-state index contributed by atoms with van der Waals surface area (Å²) in [6.45, 7) is 7.94. The summed E-state index contributed by atoms with van der Waals surface area (Å²) in [5.41, 5.74) is 6.37. The fourth-order valence-electron chi connectivity index (χ4n) is 3.19. The summed E-state index contributed by atoms with van der Waals surface area (Å²) in [6.07, 6.45) is 5.50. The number of likely N-dealkylation sites (N-methyl/N-ethyl adjacent to an activating group) is 1. The Bertz CT molecular complexity index is 197. The van der Waals surface area contributed by atoms with Crippen LogP contribution in [0.5, 0.6) is 0 Å². The maximum absolute atomic E-state index is 5.88. The largest absolute Gasteiger partial charge is 0.329 e. The van der Waals surface area contributed by atoms with Gasteiger partial charge >= 0.3 is 0 Å². The van der Waals surface area contributed by atoms with Gasteiger partial charge in [0.05, 0.1) is 0 Å².